The normalized spacial score (nSPS) is 12.5. The number of aliphatic imine (C=N–C) groups is 1. The summed E-state index contributed by atoms with van der Waals surface area (Å²) in [7, 11) is 1.59. The Labute approximate surface area is 190 Å². The van der Waals surface area contributed by atoms with E-state index < -0.39 is 12.5 Å². The third-order valence-corrected chi connectivity index (χ3v) is 3.86. The van der Waals surface area contributed by atoms with E-state index >= 15 is 0 Å². The highest BCUT2D eigenvalue weighted by molar-refractivity contribution is 14.0. The quantitative estimate of drug-likeness (QED) is 0.269. The molecule has 2 aromatic carbocycles. The zero-order valence-electron chi connectivity index (χ0n) is 16.6. The van der Waals surface area contributed by atoms with Gasteiger partial charge in [-0.3, -0.25) is 0 Å². The minimum absolute atomic E-state index is 0. The van der Waals surface area contributed by atoms with E-state index in [9.17, 15) is 18.3 Å². The minimum Gasteiger partial charge on any atom is -0.497 e. The van der Waals surface area contributed by atoms with Gasteiger partial charge in [0.15, 0.2) is 5.96 Å². The van der Waals surface area contributed by atoms with Crippen LogP contribution in [0, 0.1) is 0 Å². The van der Waals surface area contributed by atoms with E-state index in [1.54, 1.807) is 7.11 Å². The average molecular weight is 539 g/mol. The highest BCUT2D eigenvalue weighted by atomic mass is 127. The lowest BCUT2D eigenvalue weighted by Gasteiger charge is -2.16. The SMILES string of the molecule is CCNC(=NCc1cccc(OC)c1)NCC(O)c1ccc(OC(F)(F)F)cc1.I. The van der Waals surface area contributed by atoms with Crippen molar-refractivity contribution in [2.75, 3.05) is 20.2 Å². The summed E-state index contributed by atoms with van der Waals surface area (Å²) in [5, 5.41) is 16.4. The lowest BCUT2D eigenvalue weighted by molar-refractivity contribution is -0.274. The number of hydrogen-bond donors (Lipinski definition) is 3. The summed E-state index contributed by atoms with van der Waals surface area (Å²) >= 11 is 0. The summed E-state index contributed by atoms with van der Waals surface area (Å²) in [6.07, 6.45) is -5.68. The zero-order chi connectivity index (χ0) is 21.3. The molecule has 0 saturated carbocycles. The van der Waals surface area contributed by atoms with Crippen molar-refractivity contribution in [3.63, 3.8) is 0 Å². The van der Waals surface area contributed by atoms with Gasteiger partial charge in [0, 0.05) is 13.1 Å². The molecule has 0 saturated heterocycles. The van der Waals surface area contributed by atoms with Gasteiger partial charge in [0.2, 0.25) is 0 Å². The Hall–Kier alpha value is -2.21. The van der Waals surface area contributed by atoms with Crippen LogP contribution in [0.15, 0.2) is 53.5 Å². The number of hydrogen-bond acceptors (Lipinski definition) is 4. The van der Waals surface area contributed by atoms with Crippen LogP contribution in [0.25, 0.3) is 0 Å². The maximum absolute atomic E-state index is 12.2. The van der Waals surface area contributed by atoms with E-state index in [2.05, 4.69) is 20.4 Å². The third kappa shape index (κ3) is 9.08. The van der Waals surface area contributed by atoms with Gasteiger partial charge in [-0.25, -0.2) is 4.99 Å². The van der Waals surface area contributed by atoms with Gasteiger partial charge in [0.05, 0.1) is 19.8 Å². The summed E-state index contributed by atoms with van der Waals surface area (Å²) in [6, 6.07) is 12.6. The number of alkyl halides is 3. The number of benzene rings is 2. The van der Waals surface area contributed by atoms with Gasteiger partial charge in [-0.05, 0) is 42.3 Å². The number of aliphatic hydroxyl groups excluding tert-OH is 1. The largest absolute Gasteiger partial charge is 0.573 e. The molecule has 0 spiro atoms. The van der Waals surface area contributed by atoms with Crippen LogP contribution in [0.2, 0.25) is 0 Å². The topological polar surface area (TPSA) is 75.1 Å². The number of guanidine groups is 1. The zero-order valence-corrected chi connectivity index (χ0v) is 18.9. The number of nitrogens with one attached hydrogen (secondary N) is 2. The van der Waals surface area contributed by atoms with E-state index in [1.165, 1.54) is 12.1 Å². The number of rotatable bonds is 8. The Morgan fingerprint density at radius 1 is 1.10 bits per heavy atom. The van der Waals surface area contributed by atoms with E-state index in [0.29, 0.717) is 24.6 Å². The van der Waals surface area contributed by atoms with Crippen LogP contribution in [0.1, 0.15) is 24.2 Å². The first kappa shape index (κ1) is 25.8. The first-order valence-corrected chi connectivity index (χ1v) is 8.99. The Morgan fingerprint density at radius 2 is 1.80 bits per heavy atom. The van der Waals surface area contributed by atoms with Crippen LogP contribution in [0.5, 0.6) is 11.5 Å². The maximum Gasteiger partial charge on any atom is 0.573 e. The molecule has 166 valence electrons. The minimum atomic E-state index is -4.75. The Kier molecular flexibility index (Phi) is 10.7. The monoisotopic (exact) mass is 539 g/mol. The summed E-state index contributed by atoms with van der Waals surface area (Å²) in [5.74, 6) is 0.907. The number of aliphatic hydroxyl groups is 1. The van der Waals surface area contributed by atoms with Crippen LogP contribution in [0.3, 0.4) is 0 Å². The summed E-state index contributed by atoms with van der Waals surface area (Å²) in [4.78, 5) is 4.46. The Morgan fingerprint density at radius 3 is 2.40 bits per heavy atom. The second-order valence-electron chi connectivity index (χ2n) is 6.06. The lowest BCUT2D eigenvalue weighted by atomic mass is 10.1. The van der Waals surface area contributed by atoms with Crippen molar-refractivity contribution in [2.45, 2.75) is 25.9 Å². The summed E-state index contributed by atoms with van der Waals surface area (Å²) in [6.45, 7) is 3.08. The van der Waals surface area contributed by atoms with Crippen molar-refractivity contribution < 1.29 is 27.8 Å². The van der Waals surface area contributed by atoms with E-state index in [4.69, 9.17) is 4.74 Å². The Bertz CT molecular complexity index is 802. The molecule has 0 aliphatic heterocycles. The van der Waals surface area contributed by atoms with Gasteiger partial charge < -0.3 is 25.2 Å². The second kappa shape index (κ2) is 12.5. The predicted molar refractivity (Wildman–Crippen MR) is 119 cm³/mol. The predicted octanol–water partition coefficient (Wildman–Crippen LogP) is 4.00. The molecule has 0 radical (unpaired) electrons. The molecule has 0 bridgehead atoms. The molecule has 1 unspecified atom stereocenters. The van der Waals surface area contributed by atoms with Gasteiger partial charge in [-0.2, -0.15) is 0 Å². The standard InChI is InChI=1S/C20H24F3N3O3.HI/c1-3-24-19(25-12-14-5-4-6-17(11-14)28-2)26-13-18(27)15-7-9-16(10-8-15)29-20(21,22)23;/h4-11,18,27H,3,12-13H2,1-2H3,(H2,24,25,26);1H. The molecule has 6 nitrogen and oxygen atoms in total. The van der Waals surface area contributed by atoms with Crippen molar-refractivity contribution in [2.24, 2.45) is 4.99 Å². The summed E-state index contributed by atoms with van der Waals surface area (Å²) < 4.78 is 45.6. The molecule has 0 fully saturated rings. The highest BCUT2D eigenvalue weighted by Crippen LogP contribution is 2.24. The molecular weight excluding hydrogens is 514 g/mol. The van der Waals surface area contributed by atoms with E-state index in [-0.39, 0.29) is 36.3 Å². The van der Waals surface area contributed by atoms with Crippen LogP contribution in [0.4, 0.5) is 13.2 Å². The van der Waals surface area contributed by atoms with Crippen molar-refractivity contribution >= 4 is 29.9 Å². The van der Waals surface area contributed by atoms with Crippen molar-refractivity contribution in [3.05, 3.63) is 59.7 Å². The molecule has 0 amide bonds. The highest BCUT2D eigenvalue weighted by Gasteiger charge is 2.31. The molecular formula is C20H25F3IN3O3. The Balaban J connectivity index is 0.00000450. The fourth-order valence-corrected chi connectivity index (χ4v) is 2.49. The van der Waals surface area contributed by atoms with E-state index in [1.807, 2.05) is 31.2 Å². The van der Waals surface area contributed by atoms with Crippen molar-refractivity contribution in [1.29, 1.82) is 0 Å². The van der Waals surface area contributed by atoms with Crippen LogP contribution in [-0.2, 0) is 6.54 Å². The summed E-state index contributed by atoms with van der Waals surface area (Å²) in [5.41, 5.74) is 1.41. The molecule has 0 heterocycles. The van der Waals surface area contributed by atoms with Gasteiger partial charge in [-0.1, -0.05) is 24.3 Å². The first-order valence-electron chi connectivity index (χ1n) is 8.99. The molecule has 0 aromatic heterocycles. The van der Waals surface area contributed by atoms with Gasteiger partial charge in [0.25, 0.3) is 0 Å². The second-order valence-corrected chi connectivity index (χ2v) is 6.06. The van der Waals surface area contributed by atoms with Crippen LogP contribution >= 0.6 is 24.0 Å². The molecule has 2 rings (SSSR count). The van der Waals surface area contributed by atoms with Crippen LogP contribution < -0.4 is 20.1 Å². The molecule has 0 aliphatic carbocycles. The van der Waals surface area contributed by atoms with Crippen molar-refractivity contribution in [3.8, 4) is 11.5 Å². The molecule has 0 aliphatic rings. The fourth-order valence-electron chi connectivity index (χ4n) is 2.49. The van der Waals surface area contributed by atoms with E-state index in [0.717, 1.165) is 23.4 Å². The first-order chi connectivity index (χ1) is 13.8. The third-order valence-electron chi connectivity index (χ3n) is 3.86. The smallest absolute Gasteiger partial charge is 0.497 e. The molecule has 3 N–H and O–H groups in total. The number of nitrogens with zero attached hydrogens (tertiary/aromatic N) is 1. The van der Waals surface area contributed by atoms with Crippen molar-refractivity contribution in [1.82, 2.24) is 10.6 Å². The van der Waals surface area contributed by atoms with Gasteiger partial charge >= 0.3 is 6.36 Å². The van der Waals surface area contributed by atoms with Gasteiger partial charge in [-0.15, -0.1) is 37.1 Å². The number of ether oxygens (including phenoxy) is 2. The van der Waals surface area contributed by atoms with Gasteiger partial charge in [0.1, 0.15) is 11.5 Å². The average Bonchev–Trinajstić information content (AvgIpc) is 2.69. The molecule has 10 heteroatoms. The molecule has 1 atom stereocenters. The van der Waals surface area contributed by atoms with Crippen LogP contribution in [-0.4, -0.2) is 37.6 Å². The number of halogens is 4. The number of methoxy groups -OCH3 is 1. The lowest BCUT2D eigenvalue weighted by Crippen LogP contribution is -2.39. The molecule has 30 heavy (non-hydrogen) atoms. The fraction of sp³-hybridized carbons (Fsp3) is 0.350. The maximum atomic E-state index is 12.2. The molecule has 2 aromatic rings.